The van der Waals surface area contributed by atoms with Crippen molar-refractivity contribution in [2.45, 2.75) is 50.2 Å². The maximum atomic E-state index is 5.53. The Labute approximate surface area is 118 Å². The van der Waals surface area contributed by atoms with Crippen LogP contribution in [-0.2, 0) is 10.5 Å². The van der Waals surface area contributed by atoms with E-state index in [0.717, 1.165) is 31.1 Å². The highest BCUT2D eigenvalue weighted by Crippen LogP contribution is 2.25. The molecule has 2 rings (SSSR count). The second kappa shape index (κ2) is 7.26. The van der Waals surface area contributed by atoms with Gasteiger partial charge in [0.25, 0.3) is 0 Å². The average molecular weight is 285 g/mol. The van der Waals surface area contributed by atoms with Gasteiger partial charge in [0.2, 0.25) is 5.89 Å². The van der Waals surface area contributed by atoms with Crippen molar-refractivity contribution in [2.75, 3.05) is 19.8 Å². The number of aromatic nitrogens is 2. The fourth-order valence-corrected chi connectivity index (χ4v) is 2.65. The summed E-state index contributed by atoms with van der Waals surface area (Å²) in [5.41, 5.74) is 0. The van der Waals surface area contributed by atoms with Gasteiger partial charge in [0.05, 0.1) is 24.9 Å². The van der Waals surface area contributed by atoms with Crippen LogP contribution in [0, 0.1) is 0 Å². The maximum Gasteiger partial charge on any atom is 0.233 e. The molecule has 2 heterocycles. The van der Waals surface area contributed by atoms with Crippen LogP contribution in [-0.4, -0.2) is 41.2 Å². The van der Waals surface area contributed by atoms with E-state index in [-0.39, 0.29) is 5.92 Å². The second-order valence-corrected chi connectivity index (χ2v) is 6.68. The Kier molecular flexibility index (Phi) is 5.66. The molecule has 1 aliphatic heterocycles. The summed E-state index contributed by atoms with van der Waals surface area (Å²) in [6, 6.07) is 0.297. The van der Waals surface area contributed by atoms with E-state index in [1.807, 2.05) is 11.8 Å². The molecule has 1 aliphatic rings. The molecule has 2 unspecified atom stereocenters. The normalized spacial score (nSPS) is 23.4. The quantitative estimate of drug-likeness (QED) is 0.828. The second-order valence-electron chi connectivity index (χ2n) is 5.11. The SMILES string of the molecule is CCCNC1COCC1c1nc(CSC(C)C)no1. The lowest BCUT2D eigenvalue weighted by atomic mass is 10.0. The van der Waals surface area contributed by atoms with Gasteiger partial charge in [-0.15, -0.1) is 0 Å². The third-order valence-electron chi connectivity index (χ3n) is 3.08. The molecule has 2 atom stereocenters. The van der Waals surface area contributed by atoms with Crippen molar-refractivity contribution < 1.29 is 9.26 Å². The van der Waals surface area contributed by atoms with E-state index in [4.69, 9.17) is 9.26 Å². The van der Waals surface area contributed by atoms with Crippen LogP contribution in [0.5, 0.6) is 0 Å². The minimum absolute atomic E-state index is 0.192. The van der Waals surface area contributed by atoms with E-state index in [0.29, 0.717) is 23.8 Å². The molecule has 1 N–H and O–H groups in total. The van der Waals surface area contributed by atoms with Crippen LogP contribution in [0.25, 0.3) is 0 Å². The fourth-order valence-electron chi connectivity index (χ4n) is 2.05. The molecule has 0 radical (unpaired) electrons. The van der Waals surface area contributed by atoms with Gasteiger partial charge in [0, 0.05) is 6.04 Å². The van der Waals surface area contributed by atoms with E-state index < -0.39 is 0 Å². The van der Waals surface area contributed by atoms with Gasteiger partial charge in [0.1, 0.15) is 0 Å². The van der Waals surface area contributed by atoms with E-state index in [9.17, 15) is 0 Å². The van der Waals surface area contributed by atoms with Gasteiger partial charge in [-0.05, 0) is 18.2 Å². The molecule has 0 bridgehead atoms. The minimum Gasteiger partial charge on any atom is -0.379 e. The molecular formula is C13H23N3O2S. The van der Waals surface area contributed by atoms with Crippen molar-refractivity contribution in [3.8, 4) is 0 Å². The van der Waals surface area contributed by atoms with Crippen LogP contribution in [0.3, 0.4) is 0 Å². The van der Waals surface area contributed by atoms with Gasteiger partial charge in [0.15, 0.2) is 5.82 Å². The summed E-state index contributed by atoms with van der Waals surface area (Å²) in [6.07, 6.45) is 1.11. The molecule has 0 saturated carbocycles. The number of nitrogens with zero attached hydrogens (tertiary/aromatic N) is 2. The monoisotopic (exact) mass is 285 g/mol. The van der Waals surface area contributed by atoms with E-state index in [1.165, 1.54) is 0 Å². The Balaban J connectivity index is 1.93. The molecule has 19 heavy (non-hydrogen) atoms. The summed E-state index contributed by atoms with van der Waals surface area (Å²) < 4.78 is 10.9. The van der Waals surface area contributed by atoms with E-state index >= 15 is 0 Å². The molecular weight excluding hydrogens is 262 g/mol. The highest BCUT2D eigenvalue weighted by molar-refractivity contribution is 7.99. The third-order valence-corrected chi connectivity index (χ3v) is 4.18. The zero-order valence-corrected chi connectivity index (χ0v) is 12.7. The van der Waals surface area contributed by atoms with Crippen LogP contribution in [0.1, 0.15) is 44.8 Å². The number of hydrogen-bond donors (Lipinski definition) is 1. The number of hydrogen-bond acceptors (Lipinski definition) is 6. The zero-order valence-electron chi connectivity index (χ0n) is 11.9. The lowest BCUT2D eigenvalue weighted by Crippen LogP contribution is -2.35. The highest BCUT2D eigenvalue weighted by Gasteiger charge is 2.33. The van der Waals surface area contributed by atoms with Gasteiger partial charge < -0.3 is 14.6 Å². The number of rotatable bonds is 7. The Bertz CT molecular complexity index is 384. The molecule has 5 nitrogen and oxygen atoms in total. The Hall–Kier alpha value is -0.590. The highest BCUT2D eigenvalue weighted by atomic mass is 32.2. The van der Waals surface area contributed by atoms with Crippen LogP contribution < -0.4 is 5.32 Å². The molecule has 0 spiro atoms. The van der Waals surface area contributed by atoms with Crippen molar-refractivity contribution >= 4 is 11.8 Å². The van der Waals surface area contributed by atoms with Crippen LogP contribution in [0.15, 0.2) is 4.52 Å². The molecule has 0 aliphatic carbocycles. The van der Waals surface area contributed by atoms with Crippen molar-refractivity contribution in [3.05, 3.63) is 11.7 Å². The average Bonchev–Trinajstić information content (AvgIpc) is 3.02. The third kappa shape index (κ3) is 4.19. The van der Waals surface area contributed by atoms with Gasteiger partial charge in [-0.25, -0.2) is 0 Å². The summed E-state index contributed by atoms with van der Waals surface area (Å²) in [7, 11) is 0. The molecule has 0 aromatic carbocycles. The van der Waals surface area contributed by atoms with E-state index in [2.05, 4.69) is 36.2 Å². The topological polar surface area (TPSA) is 60.2 Å². The summed E-state index contributed by atoms with van der Waals surface area (Å²) in [4.78, 5) is 4.50. The van der Waals surface area contributed by atoms with Crippen LogP contribution >= 0.6 is 11.8 Å². The van der Waals surface area contributed by atoms with Gasteiger partial charge in [-0.3, -0.25) is 0 Å². The first-order valence-electron chi connectivity index (χ1n) is 6.96. The Morgan fingerprint density at radius 1 is 1.42 bits per heavy atom. The first-order chi connectivity index (χ1) is 9.20. The first kappa shape index (κ1) is 14.8. The van der Waals surface area contributed by atoms with Crippen molar-refractivity contribution in [3.63, 3.8) is 0 Å². The predicted octanol–water partition coefficient (Wildman–Crippen LogP) is 2.19. The van der Waals surface area contributed by atoms with Crippen LogP contribution in [0.2, 0.25) is 0 Å². The van der Waals surface area contributed by atoms with E-state index in [1.54, 1.807) is 0 Å². The van der Waals surface area contributed by atoms with Crippen molar-refractivity contribution in [1.29, 1.82) is 0 Å². The lowest BCUT2D eigenvalue weighted by molar-refractivity contribution is 0.184. The molecule has 108 valence electrons. The molecule has 1 saturated heterocycles. The molecule has 1 aromatic rings. The lowest BCUT2D eigenvalue weighted by Gasteiger charge is -2.14. The molecule has 1 aromatic heterocycles. The summed E-state index contributed by atoms with van der Waals surface area (Å²) in [6.45, 7) is 8.88. The molecule has 0 amide bonds. The largest absolute Gasteiger partial charge is 0.379 e. The van der Waals surface area contributed by atoms with Crippen molar-refractivity contribution in [2.24, 2.45) is 0 Å². The Morgan fingerprint density at radius 3 is 3.00 bits per heavy atom. The number of nitrogens with one attached hydrogen (secondary N) is 1. The summed E-state index contributed by atoms with van der Waals surface area (Å²) in [5, 5.41) is 8.12. The predicted molar refractivity (Wildman–Crippen MR) is 76.4 cm³/mol. The molecule has 1 fully saturated rings. The number of thioether (sulfide) groups is 1. The zero-order chi connectivity index (χ0) is 13.7. The molecule has 6 heteroatoms. The van der Waals surface area contributed by atoms with Crippen LogP contribution in [0.4, 0.5) is 0 Å². The fraction of sp³-hybridized carbons (Fsp3) is 0.846. The minimum atomic E-state index is 0.192. The summed E-state index contributed by atoms with van der Waals surface area (Å²) in [5.74, 6) is 2.50. The maximum absolute atomic E-state index is 5.53. The summed E-state index contributed by atoms with van der Waals surface area (Å²) >= 11 is 1.82. The first-order valence-corrected chi connectivity index (χ1v) is 8.00. The van der Waals surface area contributed by atoms with Gasteiger partial charge in [-0.1, -0.05) is 25.9 Å². The van der Waals surface area contributed by atoms with Gasteiger partial charge >= 0.3 is 0 Å². The smallest absolute Gasteiger partial charge is 0.233 e. The van der Waals surface area contributed by atoms with Gasteiger partial charge in [-0.2, -0.15) is 16.7 Å². The number of ether oxygens (including phenoxy) is 1. The Morgan fingerprint density at radius 2 is 2.26 bits per heavy atom. The van der Waals surface area contributed by atoms with Crippen molar-refractivity contribution in [1.82, 2.24) is 15.5 Å². The standard InChI is InChI=1S/C13H23N3O2S/c1-4-5-14-11-7-17-6-10(11)13-15-12(16-18-13)8-19-9(2)3/h9-11,14H,4-8H2,1-3H3.